The largest absolute Gasteiger partial charge is 0.369 e. The predicted molar refractivity (Wildman–Crippen MR) is 61.1 cm³/mol. The molecule has 0 bridgehead atoms. The van der Waals surface area contributed by atoms with E-state index in [2.05, 4.69) is 0 Å². The summed E-state index contributed by atoms with van der Waals surface area (Å²) in [7, 11) is 0. The molecule has 3 nitrogen and oxygen atoms in total. The minimum Gasteiger partial charge on any atom is -0.369 e. The normalized spacial score (nSPS) is 22.1. The molecule has 1 atom stereocenters. The number of ether oxygens (including phenoxy) is 1. The Morgan fingerprint density at radius 2 is 2.33 bits per heavy atom. The smallest absolute Gasteiger partial charge is 0.248 e. The highest BCUT2D eigenvalue weighted by atomic mass is 35.5. The first-order chi connectivity index (χ1) is 7.13. The zero-order valence-corrected chi connectivity index (χ0v) is 10.3. The van der Waals surface area contributed by atoms with E-state index in [1.165, 1.54) is 0 Å². The van der Waals surface area contributed by atoms with E-state index >= 15 is 0 Å². The van der Waals surface area contributed by atoms with Crippen molar-refractivity contribution in [2.45, 2.75) is 32.8 Å². The molecule has 15 heavy (non-hydrogen) atoms. The number of amides is 1. The van der Waals surface area contributed by atoms with Crippen LogP contribution in [0.1, 0.15) is 26.7 Å². The van der Waals surface area contributed by atoms with Gasteiger partial charge in [0.2, 0.25) is 5.91 Å². The summed E-state index contributed by atoms with van der Waals surface area (Å²) in [6, 6.07) is 0. The van der Waals surface area contributed by atoms with Crippen molar-refractivity contribution < 1.29 is 9.53 Å². The van der Waals surface area contributed by atoms with Gasteiger partial charge in [0.05, 0.1) is 6.10 Å². The zero-order valence-electron chi connectivity index (χ0n) is 9.54. The first-order valence-electron chi connectivity index (χ1n) is 5.58. The number of carbonyl (C=O) groups excluding carboxylic acids is 1. The molecule has 0 aromatic rings. The van der Waals surface area contributed by atoms with Crippen LogP contribution in [0.15, 0.2) is 0 Å². The summed E-state index contributed by atoms with van der Waals surface area (Å²) in [5, 5.41) is 0. The van der Waals surface area contributed by atoms with E-state index < -0.39 is 0 Å². The van der Waals surface area contributed by atoms with E-state index in [4.69, 9.17) is 16.3 Å². The van der Waals surface area contributed by atoms with Crippen LogP contribution in [0.25, 0.3) is 0 Å². The lowest BCUT2D eigenvalue weighted by molar-refractivity contribution is -0.139. The zero-order chi connectivity index (χ0) is 11.3. The molecule has 1 aliphatic rings. The van der Waals surface area contributed by atoms with Gasteiger partial charge in [0.15, 0.2) is 0 Å². The van der Waals surface area contributed by atoms with Crippen LogP contribution in [0.5, 0.6) is 0 Å². The van der Waals surface area contributed by atoms with Crippen molar-refractivity contribution >= 4 is 17.5 Å². The van der Waals surface area contributed by atoms with Gasteiger partial charge in [-0.3, -0.25) is 4.79 Å². The standard InChI is InChI=1S/C11H20ClNO2/c1-9(2)15-8-11(14)13-5-3-4-10(6-12)7-13/h9-10H,3-8H2,1-2H3. The summed E-state index contributed by atoms with van der Waals surface area (Å²) in [5.41, 5.74) is 0. The number of alkyl halides is 1. The van der Waals surface area contributed by atoms with Crippen LogP contribution in [0.3, 0.4) is 0 Å². The van der Waals surface area contributed by atoms with Gasteiger partial charge >= 0.3 is 0 Å². The van der Waals surface area contributed by atoms with Crippen molar-refractivity contribution in [2.75, 3.05) is 25.6 Å². The highest BCUT2D eigenvalue weighted by Crippen LogP contribution is 2.17. The number of halogens is 1. The molecule has 0 radical (unpaired) electrons. The number of hydrogen-bond acceptors (Lipinski definition) is 2. The Kier molecular flexibility index (Phi) is 5.40. The minimum atomic E-state index is 0.0958. The monoisotopic (exact) mass is 233 g/mol. The van der Waals surface area contributed by atoms with Gasteiger partial charge in [-0.05, 0) is 32.6 Å². The van der Waals surface area contributed by atoms with E-state index in [1.807, 2.05) is 18.7 Å². The third kappa shape index (κ3) is 4.39. The van der Waals surface area contributed by atoms with Crippen LogP contribution < -0.4 is 0 Å². The molecular formula is C11H20ClNO2. The number of carbonyl (C=O) groups is 1. The van der Waals surface area contributed by atoms with E-state index in [0.29, 0.717) is 11.8 Å². The number of nitrogens with zero attached hydrogens (tertiary/aromatic N) is 1. The molecule has 0 aromatic carbocycles. The van der Waals surface area contributed by atoms with Crippen molar-refractivity contribution in [2.24, 2.45) is 5.92 Å². The average Bonchev–Trinajstić information content (AvgIpc) is 2.26. The summed E-state index contributed by atoms with van der Waals surface area (Å²) in [5.74, 6) is 1.20. The Hall–Kier alpha value is -0.280. The van der Waals surface area contributed by atoms with Crippen molar-refractivity contribution in [3.63, 3.8) is 0 Å². The Balaban J connectivity index is 2.32. The fourth-order valence-electron chi connectivity index (χ4n) is 1.75. The van der Waals surface area contributed by atoms with Gasteiger partial charge in [-0.25, -0.2) is 0 Å². The minimum absolute atomic E-state index is 0.0958. The lowest BCUT2D eigenvalue weighted by Gasteiger charge is -2.31. The third-order valence-electron chi connectivity index (χ3n) is 2.63. The summed E-state index contributed by atoms with van der Waals surface area (Å²) in [6.45, 7) is 5.72. The molecule has 88 valence electrons. The summed E-state index contributed by atoms with van der Waals surface area (Å²) in [4.78, 5) is 13.6. The topological polar surface area (TPSA) is 29.5 Å². The maximum atomic E-state index is 11.7. The summed E-state index contributed by atoms with van der Waals surface area (Å²) in [6.07, 6.45) is 2.31. The van der Waals surface area contributed by atoms with Gasteiger partial charge in [-0.15, -0.1) is 11.6 Å². The van der Waals surface area contributed by atoms with Gasteiger partial charge < -0.3 is 9.64 Å². The fourth-order valence-corrected chi connectivity index (χ4v) is 2.00. The first kappa shape index (κ1) is 12.8. The predicted octanol–water partition coefficient (Wildman–Crippen LogP) is 1.89. The third-order valence-corrected chi connectivity index (χ3v) is 3.07. The Morgan fingerprint density at radius 3 is 2.93 bits per heavy atom. The van der Waals surface area contributed by atoms with E-state index in [0.717, 1.165) is 25.9 Å². The van der Waals surface area contributed by atoms with Gasteiger partial charge in [-0.2, -0.15) is 0 Å². The van der Waals surface area contributed by atoms with Crippen LogP contribution in [0.2, 0.25) is 0 Å². The Bertz CT molecular complexity index is 209. The molecule has 0 N–H and O–H groups in total. The van der Waals surface area contributed by atoms with Crippen molar-refractivity contribution in [1.29, 1.82) is 0 Å². The van der Waals surface area contributed by atoms with E-state index in [-0.39, 0.29) is 18.6 Å². The van der Waals surface area contributed by atoms with E-state index in [1.54, 1.807) is 0 Å². The van der Waals surface area contributed by atoms with Crippen LogP contribution in [0, 0.1) is 5.92 Å². The Morgan fingerprint density at radius 1 is 1.60 bits per heavy atom. The number of piperidine rings is 1. The molecule has 0 aromatic heterocycles. The summed E-state index contributed by atoms with van der Waals surface area (Å²) < 4.78 is 5.30. The molecule has 0 spiro atoms. The number of hydrogen-bond donors (Lipinski definition) is 0. The second-order valence-electron chi connectivity index (χ2n) is 4.36. The second-order valence-corrected chi connectivity index (χ2v) is 4.67. The highest BCUT2D eigenvalue weighted by molar-refractivity contribution is 6.18. The van der Waals surface area contributed by atoms with Gasteiger partial charge in [0.1, 0.15) is 6.61 Å². The maximum absolute atomic E-state index is 11.7. The number of likely N-dealkylation sites (tertiary alicyclic amines) is 1. The maximum Gasteiger partial charge on any atom is 0.248 e. The molecule has 1 heterocycles. The van der Waals surface area contributed by atoms with Gasteiger partial charge in [0.25, 0.3) is 0 Å². The molecule has 1 aliphatic heterocycles. The lowest BCUT2D eigenvalue weighted by atomic mass is 10.0. The number of rotatable bonds is 4. The molecule has 1 unspecified atom stereocenters. The van der Waals surface area contributed by atoms with E-state index in [9.17, 15) is 4.79 Å². The van der Waals surface area contributed by atoms with Crippen molar-refractivity contribution in [3.05, 3.63) is 0 Å². The molecule has 0 aliphatic carbocycles. The molecule has 1 fully saturated rings. The SMILES string of the molecule is CC(C)OCC(=O)N1CCCC(CCl)C1. The van der Waals surface area contributed by atoms with Crippen molar-refractivity contribution in [3.8, 4) is 0 Å². The Labute approximate surface area is 96.7 Å². The van der Waals surface area contributed by atoms with Crippen LogP contribution >= 0.6 is 11.6 Å². The molecule has 0 saturated carbocycles. The van der Waals surface area contributed by atoms with Crippen molar-refractivity contribution in [1.82, 2.24) is 4.90 Å². The average molecular weight is 234 g/mol. The first-order valence-corrected chi connectivity index (χ1v) is 6.12. The quantitative estimate of drug-likeness (QED) is 0.694. The summed E-state index contributed by atoms with van der Waals surface area (Å²) >= 11 is 5.81. The van der Waals surface area contributed by atoms with Gasteiger partial charge in [0, 0.05) is 19.0 Å². The van der Waals surface area contributed by atoms with Gasteiger partial charge in [-0.1, -0.05) is 0 Å². The lowest BCUT2D eigenvalue weighted by Crippen LogP contribution is -2.42. The highest BCUT2D eigenvalue weighted by Gasteiger charge is 2.22. The second kappa shape index (κ2) is 6.33. The van der Waals surface area contributed by atoms with Crippen LogP contribution in [0.4, 0.5) is 0 Å². The fraction of sp³-hybridized carbons (Fsp3) is 0.909. The molecule has 4 heteroatoms. The van der Waals surface area contributed by atoms with Crippen LogP contribution in [-0.4, -0.2) is 42.5 Å². The molecular weight excluding hydrogens is 214 g/mol. The molecule has 1 rings (SSSR count). The van der Waals surface area contributed by atoms with Crippen LogP contribution in [-0.2, 0) is 9.53 Å². The molecule has 1 amide bonds. The molecule has 1 saturated heterocycles.